The third-order valence-corrected chi connectivity index (χ3v) is 5.69. The molecule has 1 unspecified atom stereocenters. The number of nitrogens with zero attached hydrogens (tertiary/aromatic N) is 1. The Labute approximate surface area is 167 Å². The lowest BCUT2D eigenvalue weighted by molar-refractivity contribution is -0.128. The quantitative estimate of drug-likeness (QED) is 0.733. The summed E-state index contributed by atoms with van der Waals surface area (Å²) in [5.41, 5.74) is 7.58. The Balaban J connectivity index is 0.00000261. The molecule has 3 amide bonds. The van der Waals surface area contributed by atoms with Crippen LogP contribution >= 0.6 is 12.4 Å². The van der Waals surface area contributed by atoms with Crippen molar-refractivity contribution in [1.82, 2.24) is 10.2 Å². The van der Waals surface area contributed by atoms with Gasteiger partial charge in [0.05, 0.1) is 11.5 Å². The van der Waals surface area contributed by atoms with Crippen molar-refractivity contribution >= 4 is 30.0 Å². The van der Waals surface area contributed by atoms with Crippen LogP contribution in [0.15, 0.2) is 24.3 Å². The molecule has 2 aliphatic rings. The third kappa shape index (κ3) is 5.36. The van der Waals surface area contributed by atoms with Gasteiger partial charge in [-0.3, -0.25) is 4.79 Å². The zero-order valence-corrected chi connectivity index (χ0v) is 16.8. The van der Waals surface area contributed by atoms with Crippen molar-refractivity contribution in [2.24, 2.45) is 11.7 Å². The predicted molar refractivity (Wildman–Crippen MR) is 110 cm³/mol. The minimum absolute atomic E-state index is 0. The number of amides is 3. The molecule has 150 valence electrons. The third-order valence-electron chi connectivity index (χ3n) is 5.69. The summed E-state index contributed by atoms with van der Waals surface area (Å²) in [5, 5.41) is 6.15. The molecule has 6 nitrogen and oxygen atoms in total. The van der Waals surface area contributed by atoms with E-state index in [1.165, 1.54) is 0 Å². The van der Waals surface area contributed by atoms with Gasteiger partial charge in [0.2, 0.25) is 5.91 Å². The first kappa shape index (κ1) is 21.5. The molecule has 1 atom stereocenters. The first-order valence-corrected chi connectivity index (χ1v) is 9.66. The van der Waals surface area contributed by atoms with E-state index in [-0.39, 0.29) is 35.8 Å². The maximum atomic E-state index is 12.8. The van der Waals surface area contributed by atoms with Crippen molar-refractivity contribution in [3.8, 4) is 0 Å². The second-order valence-corrected chi connectivity index (χ2v) is 7.77. The van der Waals surface area contributed by atoms with Gasteiger partial charge in [-0.05, 0) is 50.3 Å². The van der Waals surface area contributed by atoms with Gasteiger partial charge in [0.1, 0.15) is 0 Å². The highest BCUT2D eigenvalue weighted by molar-refractivity contribution is 5.90. The van der Waals surface area contributed by atoms with Crippen molar-refractivity contribution in [2.75, 3.05) is 25.0 Å². The number of carbonyl (C=O) groups excluding carboxylic acids is 2. The lowest BCUT2D eigenvalue weighted by atomic mass is 9.93. The molecular weight excluding hydrogens is 364 g/mol. The zero-order valence-electron chi connectivity index (χ0n) is 16.0. The summed E-state index contributed by atoms with van der Waals surface area (Å²) in [6.07, 6.45) is 5.81. The maximum absolute atomic E-state index is 12.8. The van der Waals surface area contributed by atoms with Crippen molar-refractivity contribution in [2.45, 2.75) is 51.0 Å². The fraction of sp³-hybridized carbons (Fsp3) is 0.600. The molecule has 1 saturated carbocycles. The molecule has 1 heterocycles. The molecule has 0 radical (unpaired) electrons. The summed E-state index contributed by atoms with van der Waals surface area (Å²) in [6.45, 7) is 3.63. The number of anilines is 1. The van der Waals surface area contributed by atoms with Gasteiger partial charge in [-0.15, -0.1) is 12.4 Å². The van der Waals surface area contributed by atoms with E-state index in [4.69, 9.17) is 5.73 Å². The Kier molecular flexibility index (Phi) is 7.50. The molecule has 0 bridgehead atoms. The summed E-state index contributed by atoms with van der Waals surface area (Å²) in [7, 11) is 0. The number of benzene rings is 1. The Bertz CT molecular complexity index is 661. The van der Waals surface area contributed by atoms with Gasteiger partial charge < -0.3 is 21.3 Å². The number of carbonyl (C=O) groups is 2. The average molecular weight is 395 g/mol. The summed E-state index contributed by atoms with van der Waals surface area (Å²) in [5.74, 6) is -0.110. The van der Waals surface area contributed by atoms with Gasteiger partial charge in [0.15, 0.2) is 0 Å². The van der Waals surface area contributed by atoms with Gasteiger partial charge in [-0.2, -0.15) is 0 Å². The minimum Gasteiger partial charge on any atom is -0.349 e. The number of nitrogens with one attached hydrogen (secondary N) is 2. The van der Waals surface area contributed by atoms with Crippen LogP contribution < -0.4 is 16.4 Å². The molecule has 1 aliphatic heterocycles. The molecule has 0 spiro atoms. The lowest BCUT2D eigenvalue weighted by Gasteiger charge is -2.35. The Morgan fingerprint density at radius 2 is 2.00 bits per heavy atom. The summed E-state index contributed by atoms with van der Waals surface area (Å²) < 4.78 is 0. The number of nitrogens with two attached hydrogens (primary N) is 1. The fourth-order valence-corrected chi connectivity index (χ4v) is 4.10. The van der Waals surface area contributed by atoms with Crippen LogP contribution in [-0.2, 0) is 4.79 Å². The molecule has 0 aromatic heterocycles. The van der Waals surface area contributed by atoms with E-state index in [9.17, 15) is 9.59 Å². The highest BCUT2D eigenvalue weighted by Gasteiger charge is 2.37. The highest BCUT2D eigenvalue weighted by Crippen LogP contribution is 2.29. The van der Waals surface area contributed by atoms with Crippen molar-refractivity contribution < 1.29 is 9.59 Å². The molecule has 1 aromatic carbocycles. The Morgan fingerprint density at radius 3 is 2.67 bits per heavy atom. The van der Waals surface area contributed by atoms with Crippen molar-refractivity contribution in [1.29, 1.82) is 0 Å². The number of hydrogen-bond acceptors (Lipinski definition) is 3. The van der Waals surface area contributed by atoms with Crippen molar-refractivity contribution in [3.05, 3.63) is 29.8 Å². The number of likely N-dealkylation sites (tertiary alicyclic amines) is 1. The lowest BCUT2D eigenvalue weighted by Crippen LogP contribution is -2.55. The zero-order chi connectivity index (χ0) is 18.6. The van der Waals surface area contributed by atoms with Gasteiger partial charge in [0, 0.05) is 25.3 Å². The van der Waals surface area contributed by atoms with Crippen molar-refractivity contribution in [3.63, 3.8) is 0 Å². The smallest absolute Gasteiger partial charge is 0.321 e. The Morgan fingerprint density at radius 1 is 1.26 bits per heavy atom. The van der Waals surface area contributed by atoms with E-state index >= 15 is 0 Å². The number of piperidine rings is 1. The van der Waals surface area contributed by atoms with E-state index in [1.54, 1.807) is 4.90 Å². The summed E-state index contributed by atoms with van der Waals surface area (Å²) >= 11 is 0. The SMILES string of the molecule is Cc1cccc(NC(=O)N2CCCC(C(=O)NC3(CN)CCCC3)C2)c1.Cl. The number of halogens is 1. The second kappa shape index (κ2) is 9.42. The fourth-order valence-electron chi connectivity index (χ4n) is 4.10. The standard InChI is InChI=1S/C20H30N4O2.ClH/c1-15-6-4-8-17(12-15)22-19(26)24-11-5-7-16(13-24)18(25)23-20(14-21)9-2-3-10-20;/h4,6,8,12,16H,2-3,5,7,9-11,13-14,21H2,1H3,(H,22,26)(H,23,25);1H. The van der Waals surface area contributed by atoms with E-state index in [1.807, 2.05) is 31.2 Å². The molecule has 27 heavy (non-hydrogen) atoms. The van der Waals surface area contributed by atoms with Gasteiger partial charge in [0.25, 0.3) is 0 Å². The van der Waals surface area contributed by atoms with E-state index in [0.29, 0.717) is 19.6 Å². The molecular formula is C20H31ClN4O2. The minimum atomic E-state index is -0.233. The molecule has 1 saturated heterocycles. The number of rotatable bonds is 4. The predicted octanol–water partition coefficient (Wildman–Crippen LogP) is 3.05. The normalized spacial score (nSPS) is 21.3. The first-order chi connectivity index (χ1) is 12.5. The Hall–Kier alpha value is -1.79. The molecule has 4 N–H and O–H groups in total. The molecule has 7 heteroatoms. The monoisotopic (exact) mass is 394 g/mol. The van der Waals surface area contributed by atoms with E-state index < -0.39 is 0 Å². The largest absolute Gasteiger partial charge is 0.349 e. The van der Waals surface area contributed by atoms with Crippen LogP contribution in [0.1, 0.15) is 44.1 Å². The van der Waals surface area contributed by atoms with Crippen LogP contribution in [0.5, 0.6) is 0 Å². The van der Waals surface area contributed by atoms with E-state index in [0.717, 1.165) is 49.8 Å². The van der Waals surface area contributed by atoms with Crippen LogP contribution in [0.2, 0.25) is 0 Å². The van der Waals surface area contributed by atoms with Gasteiger partial charge >= 0.3 is 6.03 Å². The first-order valence-electron chi connectivity index (χ1n) is 9.66. The van der Waals surface area contributed by atoms with Gasteiger partial charge in [-0.1, -0.05) is 25.0 Å². The average Bonchev–Trinajstić information content (AvgIpc) is 3.11. The van der Waals surface area contributed by atoms with Gasteiger partial charge in [-0.25, -0.2) is 4.79 Å². The molecule has 1 aromatic rings. The number of aryl methyl sites for hydroxylation is 1. The number of hydrogen-bond donors (Lipinski definition) is 3. The molecule has 3 rings (SSSR count). The molecule has 2 fully saturated rings. The van der Waals surface area contributed by atoms with Crippen LogP contribution in [0.25, 0.3) is 0 Å². The van der Waals surface area contributed by atoms with Crippen LogP contribution in [0.4, 0.5) is 10.5 Å². The number of urea groups is 1. The highest BCUT2D eigenvalue weighted by atomic mass is 35.5. The summed E-state index contributed by atoms with van der Waals surface area (Å²) in [4.78, 5) is 27.1. The maximum Gasteiger partial charge on any atom is 0.321 e. The topological polar surface area (TPSA) is 87.5 Å². The van der Waals surface area contributed by atoms with Crippen LogP contribution in [0, 0.1) is 12.8 Å². The molecule has 1 aliphatic carbocycles. The van der Waals surface area contributed by atoms with Crippen LogP contribution in [0.3, 0.4) is 0 Å². The summed E-state index contributed by atoms with van der Waals surface area (Å²) in [6, 6.07) is 7.60. The van der Waals surface area contributed by atoms with E-state index in [2.05, 4.69) is 10.6 Å². The van der Waals surface area contributed by atoms with Crippen LogP contribution in [-0.4, -0.2) is 42.0 Å². The second-order valence-electron chi connectivity index (χ2n) is 7.77.